The van der Waals surface area contributed by atoms with Gasteiger partial charge in [-0.25, -0.2) is 9.37 Å². The van der Waals surface area contributed by atoms with E-state index in [1.807, 2.05) is 13.0 Å². The molecule has 0 aliphatic carbocycles. The average Bonchev–Trinajstić information content (AvgIpc) is 2.28. The van der Waals surface area contributed by atoms with Gasteiger partial charge >= 0.3 is 0 Å². The molecule has 0 atom stereocenters. The molecule has 2 rings (SSSR count). The Balaban J connectivity index is 2.37. The number of aromatic nitrogens is 2. The molecular formula is C11H10ClFN4. The van der Waals surface area contributed by atoms with E-state index in [1.54, 1.807) is 12.1 Å². The van der Waals surface area contributed by atoms with Crippen molar-refractivity contribution >= 4 is 29.1 Å². The van der Waals surface area contributed by atoms with Gasteiger partial charge in [-0.1, -0.05) is 17.7 Å². The zero-order valence-corrected chi connectivity index (χ0v) is 9.79. The van der Waals surface area contributed by atoms with Crippen LogP contribution >= 0.6 is 11.6 Å². The largest absolute Gasteiger partial charge is 0.368 e. The lowest BCUT2D eigenvalue weighted by atomic mass is 10.2. The van der Waals surface area contributed by atoms with E-state index in [-0.39, 0.29) is 11.8 Å². The molecule has 0 bridgehead atoms. The third-order valence-electron chi connectivity index (χ3n) is 2.14. The maximum Gasteiger partial charge on any atom is 0.222 e. The molecule has 0 fully saturated rings. The zero-order chi connectivity index (χ0) is 12.4. The summed E-state index contributed by atoms with van der Waals surface area (Å²) in [6.45, 7) is 1.91. The molecule has 1 heterocycles. The van der Waals surface area contributed by atoms with Gasteiger partial charge in [-0.2, -0.15) is 4.98 Å². The lowest BCUT2D eigenvalue weighted by Crippen LogP contribution is -2.02. The monoisotopic (exact) mass is 252 g/mol. The van der Waals surface area contributed by atoms with Gasteiger partial charge in [0.05, 0.1) is 16.9 Å². The van der Waals surface area contributed by atoms with Gasteiger partial charge in [0.25, 0.3) is 0 Å². The molecule has 1 aromatic carbocycles. The van der Waals surface area contributed by atoms with Gasteiger partial charge in [0.15, 0.2) is 11.6 Å². The normalized spacial score (nSPS) is 10.3. The molecule has 0 spiro atoms. The summed E-state index contributed by atoms with van der Waals surface area (Å²) in [5, 5.41) is 3.26. The molecule has 2 aromatic rings. The Morgan fingerprint density at radius 1 is 1.41 bits per heavy atom. The molecule has 0 aliphatic heterocycles. The summed E-state index contributed by atoms with van der Waals surface area (Å²) in [7, 11) is 0. The highest BCUT2D eigenvalue weighted by atomic mass is 35.5. The van der Waals surface area contributed by atoms with Crippen molar-refractivity contribution in [1.82, 2.24) is 9.97 Å². The molecule has 17 heavy (non-hydrogen) atoms. The highest BCUT2D eigenvalue weighted by Crippen LogP contribution is 2.26. The van der Waals surface area contributed by atoms with Crippen molar-refractivity contribution in [2.45, 2.75) is 6.92 Å². The van der Waals surface area contributed by atoms with Crippen LogP contribution in [-0.4, -0.2) is 9.97 Å². The highest BCUT2D eigenvalue weighted by Gasteiger charge is 2.08. The van der Waals surface area contributed by atoms with Gasteiger partial charge in [-0.05, 0) is 24.6 Å². The van der Waals surface area contributed by atoms with E-state index in [1.165, 1.54) is 0 Å². The van der Waals surface area contributed by atoms with Crippen molar-refractivity contribution in [3.05, 3.63) is 40.8 Å². The predicted octanol–water partition coefficient (Wildman–Crippen LogP) is 2.90. The Morgan fingerprint density at radius 2 is 2.18 bits per heavy atom. The van der Waals surface area contributed by atoms with Crippen LogP contribution in [0, 0.1) is 12.7 Å². The van der Waals surface area contributed by atoms with Crippen molar-refractivity contribution in [2.24, 2.45) is 0 Å². The van der Waals surface area contributed by atoms with Gasteiger partial charge in [-0.3, -0.25) is 0 Å². The summed E-state index contributed by atoms with van der Waals surface area (Å²) < 4.78 is 13.4. The Morgan fingerprint density at radius 3 is 2.94 bits per heavy atom. The number of rotatable bonds is 2. The second-order valence-electron chi connectivity index (χ2n) is 3.53. The first-order chi connectivity index (χ1) is 8.06. The maximum atomic E-state index is 13.4. The van der Waals surface area contributed by atoms with Crippen LogP contribution < -0.4 is 11.1 Å². The van der Waals surface area contributed by atoms with E-state index in [2.05, 4.69) is 15.3 Å². The summed E-state index contributed by atoms with van der Waals surface area (Å²) in [5.41, 5.74) is 6.96. The van der Waals surface area contributed by atoms with E-state index in [0.29, 0.717) is 10.7 Å². The SMILES string of the molecule is Cc1ccc(Cl)c(Nc2nc(N)ncc2F)c1. The molecule has 0 amide bonds. The van der Waals surface area contributed by atoms with E-state index in [4.69, 9.17) is 17.3 Å². The van der Waals surface area contributed by atoms with E-state index in [0.717, 1.165) is 11.8 Å². The topological polar surface area (TPSA) is 63.8 Å². The van der Waals surface area contributed by atoms with Crippen molar-refractivity contribution in [3.8, 4) is 0 Å². The first-order valence-corrected chi connectivity index (χ1v) is 5.25. The molecule has 0 aliphatic rings. The van der Waals surface area contributed by atoms with Crippen molar-refractivity contribution in [1.29, 1.82) is 0 Å². The summed E-state index contributed by atoms with van der Waals surface area (Å²) in [6, 6.07) is 5.37. The first-order valence-electron chi connectivity index (χ1n) is 4.87. The number of nitrogen functional groups attached to an aromatic ring is 1. The number of hydrogen-bond donors (Lipinski definition) is 2. The van der Waals surface area contributed by atoms with Crippen molar-refractivity contribution < 1.29 is 4.39 Å². The summed E-state index contributed by atoms with van der Waals surface area (Å²) in [4.78, 5) is 7.30. The van der Waals surface area contributed by atoms with Crippen LogP contribution in [0.3, 0.4) is 0 Å². The Bertz CT molecular complexity index is 510. The van der Waals surface area contributed by atoms with Gasteiger partial charge in [0.1, 0.15) is 0 Å². The Kier molecular flexibility index (Phi) is 3.10. The third-order valence-corrected chi connectivity index (χ3v) is 2.47. The average molecular weight is 253 g/mol. The van der Waals surface area contributed by atoms with Crippen LogP contribution in [-0.2, 0) is 0 Å². The number of halogens is 2. The molecule has 0 radical (unpaired) electrons. The van der Waals surface area contributed by atoms with Gasteiger partial charge in [0, 0.05) is 0 Å². The minimum atomic E-state index is -0.586. The minimum absolute atomic E-state index is 0.00215. The molecule has 0 saturated heterocycles. The molecule has 0 unspecified atom stereocenters. The van der Waals surface area contributed by atoms with Crippen LogP contribution in [0.1, 0.15) is 5.56 Å². The van der Waals surface area contributed by atoms with E-state index < -0.39 is 5.82 Å². The summed E-state index contributed by atoms with van der Waals surface area (Å²) in [6.07, 6.45) is 1.01. The van der Waals surface area contributed by atoms with Crippen LogP contribution in [0.2, 0.25) is 5.02 Å². The number of nitrogens with one attached hydrogen (secondary N) is 1. The van der Waals surface area contributed by atoms with Gasteiger partial charge in [0.2, 0.25) is 5.95 Å². The fraction of sp³-hybridized carbons (Fsp3) is 0.0909. The van der Waals surface area contributed by atoms with Crippen LogP contribution in [0.15, 0.2) is 24.4 Å². The second kappa shape index (κ2) is 4.55. The zero-order valence-electron chi connectivity index (χ0n) is 9.04. The highest BCUT2D eigenvalue weighted by molar-refractivity contribution is 6.33. The number of hydrogen-bond acceptors (Lipinski definition) is 4. The van der Waals surface area contributed by atoms with E-state index >= 15 is 0 Å². The standard InChI is InChI=1S/C11H10ClFN4/c1-6-2-3-7(12)9(4-6)16-10-8(13)5-15-11(14)17-10/h2-5H,1H3,(H3,14,15,16,17). The lowest BCUT2D eigenvalue weighted by molar-refractivity contribution is 0.620. The van der Waals surface area contributed by atoms with Crippen LogP contribution in [0.4, 0.5) is 21.8 Å². The Hall–Kier alpha value is -1.88. The molecule has 88 valence electrons. The number of benzene rings is 1. The fourth-order valence-electron chi connectivity index (χ4n) is 1.33. The Labute approximate surface area is 103 Å². The molecule has 4 nitrogen and oxygen atoms in total. The van der Waals surface area contributed by atoms with Crippen LogP contribution in [0.25, 0.3) is 0 Å². The maximum absolute atomic E-state index is 13.4. The number of aryl methyl sites for hydroxylation is 1. The molecule has 1 aromatic heterocycles. The molecule has 0 saturated carbocycles. The molecule has 3 N–H and O–H groups in total. The van der Waals surface area contributed by atoms with Gasteiger partial charge in [-0.15, -0.1) is 0 Å². The first kappa shape index (κ1) is 11.6. The third kappa shape index (κ3) is 2.62. The lowest BCUT2D eigenvalue weighted by Gasteiger charge is -2.09. The number of anilines is 3. The second-order valence-corrected chi connectivity index (χ2v) is 3.94. The van der Waals surface area contributed by atoms with Crippen LogP contribution in [0.5, 0.6) is 0 Å². The molecule has 6 heteroatoms. The fourth-order valence-corrected chi connectivity index (χ4v) is 1.50. The van der Waals surface area contributed by atoms with E-state index in [9.17, 15) is 4.39 Å². The summed E-state index contributed by atoms with van der Waals surface area (Å²) in [5.74, 6) is -0.584. The van der Waals surface area contributed by atoms with Crippen molar-refractivity contribution in [3.63, 3.8) is 0 Å². The smallest absolute Gasteiger partial charge is 0.222 e. The quantitative estimate of drug-likeness (QED) is 0.863. The van der Waals surface area contributed by atoms with Gasteiger partial charge < -0.3 is 11.1 Å². The number of nitrogens with two attached hydrogens (primary N) is 1. The summed E-state index contributed by atoms with van der Waals surface area (Å²) >= 11 is 5.98. The minimum Gasteiger partial charge on any atom is -0.368 e. The number of nitrogens with zero attached hydrogens (tertiary/aromatic N) is 2. The predicted molar refractivity (Wildman–Crippen MR) is 65.9 cm³/mol. The van der Waals surface area contributed by atoms with Crippen molar-refractivity contribution in [2.75, 3.05) is 11.1 Å². The molecular weight excluding hydrogens is 243 g/mol.